The number of nitrogens with zero attached hydrogens (tertiary/aromatic N) is 2. The SMILES string of the molecule is Cc1ccc(C2Cc3c(C(=O)N(C)CC4COCCO4)c(=O)cc(C)n3-c3ccccc3S2)s1. The van der Waals surface area contributed by atoms with Gasteiger partial charge in [-0.15, -0.1) is 23.1 Å². The fourth-order valence-corrected chi connectivity index (χ4v) is 7.00. The number of rotatable bonds is 4. The first-order valence-electron chi connectivity index (χ1n) is 11.4. The van der Waals surface area contributed by atoms with Crippen molar-refractivity contribution in [1.29, 1.82) is 0 Å². The number of fused-ring (bicyclic) bond motifs is 3. The molecule has 0 N–H and O–H groups in total. The van der Waals surface area contributed by atoms with Gasteiger partial charge in [-0.3, -0.25) is 9.59 Å². The molecule has 1 fully saturated rings. The summed E-state index contributed by atoms with van der Waals surface area (Å²) < 4.78 is 13.3. The molecule has 2 aliphatic rings. The van der Waals surface area contributed by atoms with Gasteiger partial charge in [0.05, 0.1) is 31.6 Å². The van der Waals surface area contributed by atoms with Crippen molar-refractivity contribution >= 4 is 29.0 Å². The van der Waals surface area contributed by atoms with Crippen molar-refractivity contribution in [3.05, 3.63) is 79.4 Å². The van der Waals surface area contributed by atoms with E-state index in [0.717, 1.165) is 22.0 Å². The summed E-state index contributed by atoms with van der Waals surface area (Å²) in [6, 6.07) is 14.1. The van der Waals surface area contributed by atoms with Gasteiger partial charge < -0.3 is 18.9 Å². The van der Waals surface area contributed by atoms with Crippen LogP contribution in [0.15, 0.2) is 52.2 Å². The average molecular weight is 497 g/mol. The first kappa shape index (κ1) is 23.4. The van der Waals surface area contributed by atoms with Crippen molar-refractivity contribution in [3.63, 3.8) is 0 Å². The number of hydrogen-bond donors (Lipinski definition) is 0. The van der Waals surface area contributed by atoms with Crippen molar-refractivity contribution < 1.29 is 14.3 Å². The van der Waals surface area contributed by atoms with E-state index in [9.17, 15) is 9.59 Å². The van der Waals surface area contributed by atoms with Crippen LogP contribution in [0.1, 0.15) is 36.8 Å². The molecule has 178 valence electrons. The van der Waals surface area contributed by atoms with Gasteiger partial charge in [0, 0.05) is 57.4 Å². The summed E-state index contributed by atoms with van der Waals surface area (Å²) in [6.07, 6.45) is 0.404. The third-order valence-corrected chi connectivity index (χ3v) is 8.82. The molecule has 6 nitrogen and oxygen atoms in total. The van der Waals surface area contributed by atoms with Gasteiger partial charge in [-0.2, -0.15) is 0 Å². The van der Waals surface area contributed by atoms with Crippen LogP contribution in [0, 0.1) is 13.8 Å². The molecule has 0 bridgehead atoms. The Morgan fingerprint density at radius 3 is 2.74 bits per heavy atom. The predicted molar refractivity (Wildman–Crippen MR) is 136 cm³/mol. The lowest BCUT2D eigenvalue weighted by Gasteiger charge is -2.28. The number of para-hydroxylation sites is 1. The zero-order chi connectivity index (χ0) is 23.8. The summed E-state index contributed by atoms with van der Waals surface area (Å²) in [4.78, 5) is 32.2. The number of hydrogen-bond acceptors (Lipinski definition) is 6. The zero-order valence-corrected chi connectivity index (χ0v) is 21.2. The van der Waals surface area contributed by atoms with Gasteiger partial charge in [0.2, 0.25) is 0 Å². The maximum Gasteiger partial charge on any atom is 0.259 e. The first-order valence-corrected chi connectivity index (χ1v) is 13.1. The highest BCUT2D eigenvalue weighted by atomic mass is 32.2. The molecular formula is C26H28N2O4S2. The van der Waals surface area contributed by atoms with Crippen molar-refractivity contribution in [2.75, 3.05) is 33.4 Å². The van der Waals surface area contributed by atoms with Gasteiger partial charge in [0.1, 0.15) is 5.56 Å². The second-order valence-corrected chi connectivity index (χ2v) is 11.4. The summed E-state index contributed by atoms with van der Waals surface area (Å²) in [5, 5.41) is 0.113. The molecule has 2 atom stereocenters. The molecule has 2 aromatic heterocycles. The maximum absolute atomic E-state index is 13.7. The lowest BCUT2D eigenvalue weighted by molar-refractivity contribution is -0.0933. The molecule has 0 saturated carbocycles. The van der Waals surface area contributed by atoms with Crippen LogP contribution >= 0.6 is 23.1 Å². The number of thiophene rings is 1. The van der Waals surface area contributed by atoms with E-state index < -0.39 is 0 Å². The Bertz CT molecular complexity index is 1280. The van der Waals surface area contributed by atoms with Crippen LogP contribution in [0.25, 0.3) is 5.69 Å². The Morgan fingerprint density at radius 1 is 1.18 bits per heavy atom. The third-order valence-electron chi connectivity index (χ3n) is 6.25. The summed E-state index contributed by atoms with van der Waals surface area (Å²) >= 11 is 3.57. The molecule has 1 amide bonds. The Morgan fingerprint density at radius 2 is 2.00 bits per heavy atom. The number of aryl methyl sites for hydroxylation is 2. The van der Waals surface area contributed by atoms with E-state index in [0.29, 0.717) is 32.8 Å². The van der Waals surface area contributed by atoms with Gasteiger partial charge in [0.25, 0.3) is 5.91 Å². The summed E-state index contributed by atoms with van der Waals surface area (Å²) in [7, 11) is 1.73. The van der Waals surface area contributed by atoms with Crippen molar-refractivity contribution in [2.24, 2.45) is 0 Å². The Labute approximate surface area is 207 Å². The van der Waals surface area contributed by atoms with Crippen LogP contribution in [0.2, 0.25) is 0 Å². The predicted octanol–water partition coefficient (Wildman–Crippen LogP) is 4.39. The second kappa shape index (κ2) is 9.70. The lowest BCUT2D eigenvalue weighted by Crippen LogP contribution is -2.42. The van der Waals surface area contributed by atoms with Gasteiger partial charge >= 0.3 is 0 Å². The molecule has 2 unspecified atom stereocenters. The first-order chi connectivity index (χ1) is 16.4. The Kier molecular flexibility index (Phi) is 6.66. The number of aromatic nitrogens is 1. The van der Waals surface area contributed by atoms with Gasteiger partial charge in [0.15, 0.2) is 5.43 Å². The molecule has 5 rings (SSSR count). The maximum atomic E-state index is 13.7. The number of thioether (sulfide) groups is 1. The second-order valence-electron chi connectivity index (χ2n) is 8.79. The third kappa shape index (κ3) is 4.47. The van der Waals surface area contributed by atoms with Gasteiger partial charge in [-0.05, 0) is 38.1 Å². The van der Waals surface area contributed by atoms with Crippen LogP contribution in [0.5, 0.6) is 0 Å². The molecule has 8 heteroatoms. The van der Waals surface area contributed by atoms with Crippen molar-refractivity contribution in [2.45, 2.75) is 36.5 Å². The van der Waals surface area contributed by atoms with Crippen molar-refractivity contribution in [3.8, 4) is 5.69 Å². The minimum Gasteiger partial charge on any atom is -0.376 e. The number of benzene rings is 1. The minimum atomic E-state index is -0.270. The van der Waals surface area contributed by atoms with E-state index >= 15 is 0 Å². The normalized spacial score (nSPS) is 19.7. The van der Waals surface area contributed by atoms with E-state index in [2.05, 4.69) is 35.8 Å². The fraction of sp³-hybridized carbons (Fsp3) is 0.385. The number of likely N-dealkylation sites (N-methyl/N-ethyl adjacent to an activating group) is 1. The monoisotopic (exact) mass is 496 g/mol. The number of carbonyl (C=O) groups is 1. The standard InChI is InChI=1S/C26H28N2O4S2/c1-16-12-21(29)25(26(30)27(3)14-18-15-31-10-11-32-18)20-13-24(23-9-8-17(2)33-23)34-22-7-5-4-6-19(22)28(16)20/h4-9,12,18,24H,10-11,13-15H2,1-3H3. The van der Waals surface area contributed by atoms with E-state index in [1.165, 1.54) is 9.75 Å². The topological polar surface area (TPSA) is 60.8 Å². The largest absolute Gasteiger partial charge is 0.376 e. The number of ether oxygens (including phenoxy) is 2. The number of carbonyl (C=O) groups excluding carboxylic acids is 1. The smallest absolute Gasteiger partial charge is 0.259 e. The molecule has 0 aliphatic carbocycles. The highest BCUT2D eigenvalue weighted by Crippen LogP contribution is 2.46. The Hall–Kier alpha value is -2.39. The molecule has 2 aliphatic heterocycles. The molecule has 3 aromatic rings. The highest BCUT2D eigenvalue weighted by Gasteiger charge is 2.31. The van der Waals surface area contributed by atoms with Crippen LogP contribution in [-0.2, 0) is 15.9 Å². The van der Waals surface area contributed by atoms with Gasteiger partial charge in [-0.25, -0.2) is 0 Å². The molecule has 34 heavy (non-hydrogen) atoms. The summed E-state index contributed by atoms with van der Waals surface area (Å²) in [5.74, 6) is -0.270. The summed E-state index contributed by atoms with van der Waals surface area (Å²) in [5.41, 5.74) is 2.64. The average Bonchev–Trinajstić information content (AvgIpc) is 3.17. The molecule has 4 heterocycles. The highest BCUT2D eigenvalue weighted by molar-refractivity contribution is 7.99. The minimum absolute atomic E-state index is 0.113. The molecule has 0 spiro atoms. The van der Waals surface area contributed by atoms with Crippen LogP contribution in [-0.4, -0.2) is 54.9 Å². The van der Waals surface area contributed by atoms with Crippen LogP contribution < -0.4 is 5.43 Å². The number of amides is 1. The van der Waals surface area contributed by atoms with E-state index in [-0.39, 0.29) is 28.3 Å². The molecule has 0 radical (unpaired) electrons. The van der Waals surface area contributed by atoms with E-state index in [1.54, 1.807) is 41.1 Å². The van der Waals surface area contributed by atoms with Crippen LogP contribution in [0.3, 0.4) is 0 Å². The van der Waals surface area contributed by atoms with Crippen molar-refractivity contribution in [1.82, 2.24) is 9.47 Å². The van der Waals surface area contributed by atoms with E-state index in [1.807, 2.05) is 19.1 Å². The Balaban J connectivity index is 1.61. The quantitative estimate of drug-likeness (QED) is 0.536. The van der Waals surface area contributed by atoms with Crippen LogP contribution in [0.4, 0.5) is 0 Å². The summed E-state index contributed by atoms with van der Waals surface area (Å²) in [6.45, 7) is 5.96. The lowest BCUT2D eigenvalue weighted by atomic mass is 10.0. The molecular weight excluding hydrogens is 468 g/mol. The fourth-order valence-electron chi connectivity index (χ4n) is 4.67. The van der Waals surface area contributed by atoms with E-state index in [4.69, 9.17) is 9.47 Å². The zero-order valence-electron chi connectivity index (χ0n) is 19.6. The molecule has 1 aromatic carbocycles. The van der Waals surface area contributed by atoms with Gasteiger partial charge in [-0.1, -0.05) is 12.1 Å². The molecule has 1 saturated heterocycles. The number of pyridine rings is 1.